The summed E-state index contributed by atoms with van der Waals surface area (Å²) in [6, 6.07) is -1.57. The van der Waals surface area contributed by atoms with Crippen LogP contribution in [0.25, 0.3) is 0 Å². The van der Waals surface area contributed by atoms with Crippen molar-refractivity contribution in [3.8, 4) is 0 Å². The monoisotopic (exact) mass is 296 g/mol. The van der Waals surface area contributed by atoms with Gasteiger partial charge in [0.1, 0.15) is 0 Å². The smallest absolute Gasteiger partial charge is 0.331 e. The molecule has 1 heterocycles. The second-order valence-corrected chi connectivity index (χ2v) is 5.08. The topological polar surface area (TPSA) is 105 Å². The van der Waals surface area contributed by atoms with E-state index in [1.807, 2.05) is 6.92 Å². The quantitative estimate of drug-likeness (QED) is 0.705. The third-order valence-corrected chi connectivity index (χ3v) is 3.41. The van der Waals surface area contributed by atoms with Gasteiger partial charge in [-0.3, -0.25) is 4.68 Å². The van der Waals surface area contributed by atoms with Crippen LogP contribution in [0.1, 0.15) is 31.4 Å². The average Bonchev–Trinajstić information content (AvgIpc) is 2.79. The Bertz CT molecular complexity index is 510. The van der Waals surface area contributed by atoms with Crippen molar-refractivity contribution >= 4 is 12.0 Å². The molecule has 0 saturated heterocycles. The molecule has 8 heteroatoms. The van der Waals surface area contributed by atoms with Crippen LogP contribution in [-0.2, 0) is 16.6 Å². The fourth-order valence-electron chi connectivity index (χ4n) is 2.29. The summed E-state index contributed by atoms with van der Waals surface area (Å²) in [6.07, 6.45) is 4.69. The molecule has 1 aromatic rings. The Kier molecular flexibility index (Phi) is 4.79. The number of nitrogens with zero attached hydrogens (tertiary/aromatic N) is 2. The van der Waals surface area contributed by atoms with Gasteiger partial charge in [0.05, 0.1) is 12.3 Å². The van der Waals surface area contributed by atoms with Crippen molar-refractivity contribution in [3.05, 3.63) is 18.0 Å². The number of ether oxygens (including phenoxy) is 1. The first-order chi connectivity index (χ1) is 9.99. The minimum absolute atomic E-state index is 0.0323. The van der Waals surface area contributed by atoms with Crippen LogP contribution in [0.4, 0.5) is 4.79 Å². The summed E-state index contributed by atoms with van der Waals surface area (Å²) in [5.41, 5.74) is 0.431. The van der Waals surface area contributed by atoms with E-state index in [1.165, 1.54) is 10.9 Å². The molecule has 0 radical (unpaired) electrons. The van der Waals surface area contributed by atoms with Crippen LogP contribution in [0.15, 0.2) is 12.4 Å². The molecule has 21 heavy (non-hydrogen) atoms. The third kappa shape index (κ3) is 3.94. The van der Waals surface area contributed by atoms with E-state index < -0.39 is 18.0 Å². The van der Waals surface area contributed by atoms with E-state index in [0.29, 0.717) is 12.2 Å². The Hall–Kier alpha value is -2.09. The molecule has 2 rings (SSSR count). The van der Waals surface area contributed by atoms with Gasteiger partial charge in [-0.2, -0.15) is 5.10 Å². The zero-order valence-electron chi connectivity index (χ0n) is 12.1. The van der Waals surface area contributed by atoms with Crippen LogP contribution in [-0.4, -0.2) is 45.6 Å². The molecule has 1 fully saturated rings. The highest BCUT2D eigenvalue weighted by Crippen LogP contribution is 2.23. The van der Waals surface area contributed by atoms with E-state index in [1.54, 1.807) is 13.2 Å². The van der Waals surface area contributed by atoms with Crippen molar-refractivity contribution in [1.82, 2.24) is 20.4 Å². The summed E-state index contributed by atoms with van der Waals surface area (Å²) in [5.74, 6) is -1.13. The number of aromatic nitrogens is 2. The van der Waals surface area contributed by atoms with Crippen molar-refractivity contribution in [2.75, 3.05) is 6.61 Å². The highest BCUT2D eigenvalue weighted by Gasteiger charge is 2.32. The molecule has 0 aliphatic heterocycles. The van der Waals surface area contributed by atoms with Gasteiger partial charge in [-0.15, -0.1) is 0 Å². The lowest BCUT2D eigenvalue weighted by Crippen LogP contribution is -2.52. The van der Waals surface area contributed by atoms with Crippen LogP contribution in [0.3, 0.4) is 0 Å². The largest absolute Gasteiger partial charge is 0.479 e. The summed E-state index contributed by atoms with van der Waals surface area (Å²) in [6.45, 7) is 2.59. The Morgan fingerprint density at radius 2 is 2.29 bits per heavy atom. The first kappa shape index (κ1) is 15.3. The molecule has 1 aromatic heterocycles. The number of carboxylic acid groups (broad SMARTS) is 1. The summed E-state index contributed by atoms with van der Waals surface area (Å²) in [5, 5.41) is 18.3. The minimum Gasteiger partial charge on any atom is -0.479 e. The maximum Gasteiger partial charge on any atom is 0.331 e. The fraction of sp³-hybridized carbons (Fsp3) is 0.615. The van der Waals surface area contributed by atoms with E-state index in [9.17, 15) is 14.7 Å². The van der Waals surface area contributed by atoms with Crippen LogP contribution < -0.4 is 10.6 Å². The minimum atomic E-state index is -1.13. The number of aryl methyl sites for hydroxylation is 1. The van der Waals surface area contributed by atoms with E-state index in [0.717, 1.165) is 12.8 Å². The molecule has 1 aliphatic rings. The number of carboxylic acids is 1. The Morgan fingerprint density at radius 3 is 2.81 bits per heavy atom. The standard InChI is InChI=1S/C13H20N4O4/c1-3-21-10-4-9(5-10)15-13(20)16-11(12(18)19)8-6-14-17(2)7-8/h6-7,9-11H,3-5H2,1-2H3,(H,18,19)(H2,15,16,20). The number of rotatable bonds is 6. The molecule has 0 aromatic carbocycles. The molecule has 1 atom stereocenters. The fourth-order valence-corrected chi connectivity index (χ4v) is 2.29. The predicted molar refractivity (Wildman–Crippen MR) is 73.7 cm³/mol. The number of aliphatic carboxylic acids is 1. The van der Waals surface area contributed by atoms with E-state index in [4.69, 9.17) is 4.74 Å². The lowest BCUT2D eigenvalue weighted by atomic mass is 9.89. The van der Waals surface area contributed by atoms with E-state index in [-0.39, 0.29) is 12.1 Å². The normalized spacial score (nSPS) is 22.2. The van der Waals surface area contributed by atoms with Crippen LogP contribution in [0, 0.1) is 0 Å². The Morgan fingerprint density at radius 1 is 1.57 bits per heavy atom. The van der Waals surface area contributed by atoms with Crippen LogP contribution in [0.2, 0.25) is 0 Å². The predicted octanol–water partition coefficient (Wildman–Crippen LogP) is 0.413. The number of amides is 2. The summed E-state index contributed by atoms with van der Waals surface area (Å²) >= 11 is 0. The van der Waals surface area contributed by atoms with Gasteiger partial charge in [0.2, 0.25) is 0 Å². The van der Waals surface area contributed by atoms with Gasteiger partial charge in [-0.05, 0) is 19.8 Å². The number of carbonyl (C=O) groups is 2. The number of hydrogen-bond donors (Lipinski definition) is 3. The summed E-state index contributed by atoms with van der Waals surface area (Å²) < 4.78 is 6.89. The van der Waals surface area contributed by atoms with Crippen LogP contribution in [0.5, 0.6) is 0 Å². The van der Waals surface area contributed by atoms with Gasteiger partial charge in [0, 0.05) is 31.5 Å². The Labute approximate surface area is 122 Å². The number of nitrogens with one attached hydrogen (secondary N) is 2. The molecular formula is C13H20N4O4. The summed E-state index contributed by atoms with van der Waals surface area (Å²) in [7, 11) is 1.69. The first-order valence-electron chi connectivity index (χ1n) is 6.89. The zero-order valence-corrected chi connectivity index (χ0v) is 12.1. The molecule has 1 saturated carbocycles. The lowest BCUT2D eigenvalue weighted by molar-refractivity contribution is -0.139. The van der Waals surface area contributed by atoms with Gasteiger partial charge in [-0.25, -0.2) is 9.59 Å². The van der Waals surface area contributed by atoms with Crippen molar-refractivity contribution in [2.24, 2.45) is 7.05 Å². The molecule has 0 spiro atoms. The lowest BCUT2D eigenvalue weighted by Gasteiger charge is -2.35. The third-order valence-electron chi connectivity index (χ3n) is 3.41. The summed E-state index contributed by atoms with van der Waals surface area (Å²) in [4.78, 5) is 23.1. The molecule has 8 nitrogen and oxygen atoms in total. The zero-order chi connectivity index (χ0) is 15.4. The molecule has 116 valence electrons. The molecule has 1 aliphatic carbocycles. The highest BCUT2D eigenvalue weighted by molar-refractivity contribution is 5.83. The highest BCUT2D eigenvalue weighted by atomic mass is 16.5. The van der Waals surface area contributed by atoms with Crippen molar-refractivity contribution < 1.29 is 19.4 Å². The molecule has 1 unspecified atom stereocenters. The molecule has 0 bridgehead atoms. The van der Waals surface area contributed by atoms with Crippen LogP contribution >= 0.6 is 0 Å². The Balaban J connectivity index is 1.84. The second-order valence-electron chi connectivity index (χ2n) is 5.08. The molecule has 2 amide bonds. The number of carbonyl (C=O) groups excluding carboxylic acids is 1. The van der Waals surface area contributed by atoms with Gasteiger partial charge in [0.15, 0.2) is 6.04 Å². The van der Waals surface area contributed by atoms with Gasteiger partial charge >= 0.3 is 12.0 Å². The van der Waals surface area contributed by atoms with Crippen molar-refractivity contribution in [3.63, 3.8) is 0 Å². The maximum absolute atomic E-state index is 11.9. The maximum atomic E-state index is 11.9. The molecule has 3 N–H and O–H groups in total. The van der Waals surface area contributed by atoms with Crippen molar-refractivity contribution in [2.45, 2.75) is 38.0 Å². The first-order valence-corrected chi connectivity index (χ1v) is 6.89. The average molecular weight is 296 g/mol. The SMILES string of the molecule is CCOC1CC(NC(=O)NC(C(=O)O)c2cnn(C)c2)C1. The number of urea groups is 1. The number of hydrogen-bond acceptors (Lipinski definition) is 4. The van der Waals surface area contributed by atoms with Gasteiger partial charge in [0.25, 0.3) is 0 Å². The van der Waals surface area contributed by atoms with Gasteiger partial charge in [-0.1, -0.05) is 0 Å². The second kappa shape index (κ2) is 6.57. The van der Waals surface area contributed by atoms with E-state index in [2.05, 4.69) is 15.7 Å². The van der Waals surface area contributed by atoms with Crippen molar-refractivity contribution in [1.29, 1.82) is 0 Å². The van der Waals surface area contributed by atoms with Gasteiger partial charge < -0.3 is 20.5 Å². The van der Waals surface area contributed by atoms with E-state index >= 15 is 0 Å². The molecular weight excluding hydrogens is 276 g/mol.